The van der Waals surface area contributed by atoms with E-state index in [2.05, 4.69) is 25.9 Å². The van der Waals surface area contributed by atoms with Crippen molar-refractivity contribution >= 4 is 23.2 Å². The van der Waals surface area contributed by atoms with Gasteiger partial charge in [-0.3, -0.25) is 4.79 Å². The second kappa shape index (κ2) is 9.57. The van der Waals surface area contributed by atoms with Gasteiger partial charge in [0.2, 0.25) is 0 Å². The van der Waals surface area contributed by atoms with Crippen LogP contribution in [0.15, 0.2) is 30.6 Å². The van der Waals surface area contributed by atoms with Crippen molar-refractivity contribution in [2.24, 2.45) is 0 Å². The van der Waals surface area contributed by atoms with Crippen molar-refractivity contribution in [2.45, 2.75) is 31.8 Å². The van der Waals surface area contributed by atoms with Crippen molar-refractivity contribution < 1.29 is 27.5 Å². The van der Waals surface area contributed by atoms with Crippen molar-refractivity contribution in [3.05, 3.63) is 41.7 Å². The number of rotatable bonds is 8. The molecule has 0 saturated carbocycles. The number of amides is 1. The van der Waals surface area contributed by atoms with E-state index in [1.54, 1.807) is 0 Å². The van der Waals surface area contributed by atoms with Gasteiger partial charge in [-0.25, -0.2) is 14.4 Å². The largest absolute Gasteiger partial charge is 0.405 e. The summed E-state index contributed by atoms with van der Waals surface area (Å²) in [6, 6.07) is 6.02. The monoisotopic (exact) mass is 440 g/mol. The molecular formula is C19H20F4N6O2. The molecule has 1 unspecified atom stereocenters. The minimum atomic E-state index is -4.55. The Morgan fingerprint density at radius 1 is 1.23 bits per heavy atom. The van der Waals surface area contributed by atoms with Crippen molar-refractivity contribution in [3.63, 3.8) is 0 Å². The molecule has 1 amide bonds. The molecule has 2 rings (SSSR count). The minimum absolute atomic E-state index is 0.0818. The van der Waals surface area contributed by atoms with E-state index in [4.69, 9.17) is 5.26 Å². The molecule has 0 aliphatic heterocycles. The first-order valence-corrected chi connectivity index (χ1v) is 8.97. The number of halogens is 4. The number of aromatic nitrogens is 2. The third kappa shape index (κ3) is 7.38. The van der Waals surface area contributed by atoms with Gasteiger partial charge in [-0.15, -0.1) is 0 Å². The molecule has 4 N–H and O–H groups in total. The first kappa shape index (κ1) is 23.8. The summed E-state index contributed by atoms with van der Waals surface area (Å²) < 4.78 is 51.9. The van der Waals surface area contributed by atoms with Gasteiger partial charge in [0.05, 0.1) is 29.0 Å². The van der Waals surface area contributed by atoms with Crippen LogP contribution in [0.5, 0.6) is 0 Å². The van der Waals surface area contributed by atoms with Crippen LogP contribution < -0.4 is 16.0 Å². The Kier molecular flexibility index (Phi) is 7.35. The number of nitrogens with one attached hydrogen (secondary N) is 3. The molecule has 0 bridgehead atoms. The Labute approximate surface area is 175 Å². The molecule has 0 aliphatic carbocycles. The predicted octanol–water partition coefficient (Wildman–Crippen LogP) is 2.90. The molecule has 2 aromatic rings. The number of carbonyl (C=O) groups excluding carboxylic acids is 1. The fourth-order valence-corrected chi connectivity index (χ4v) is 2.24. The van der Waals surface area contributed by atoms with Gasteiger partial charge in [0.15, 0.2) is 0 Å². The number of carbonyl (C=O) groups is 1. The number of nitrogens with zero attached hydrogens (tertiary/aromatic N) is 3. The number of aliphatic hydroxyl groups is 1. The molecule has 31 heavy (non-hydrogen) atoms. The highest BCUT2D eigenvalue weighted by Gasteiger charge is 2.29. The zero-order valence-electron chi connectivity index (χ0n) is 16.6. The molecule has 8 nitrogen and oxygen atoms in total. The van der Waals surface area contributed by atoms with Crippen LogP contribution in [0.1, 0.15) is 29.8 Å². The zero-order chi connectivity index (χ0) is 23.2. The molecular weight excluding hydrogens is 420 g/mol. The third-order valence-corrected chi connectivity index (χ3v) is 3.98. The first-order valence-electron chi connectivity index (χ1n) is 8.97. The Balaban J connectivity index is 2.23. The van der Waals surface area contributed by atoms with Crippen molar-refractivity contribution in [3.8, 4) is 6.07 Å². The van der Waals surface area contributed by atoms with Crippen molar-refractivity contribution in [2.75, 3.05) is 23.7 Å². The molecule has 0 saturated heterocycles. The van der Waals surface area contributed by atoms with Gasteiger partial charge in [-0.2, -0.15) is 18.4 Å². The SMILES string of the molecule is CC(C)(O)C(F)CNC(=O)c1cnc(Nc2ccc(C#N)cn2)cc1NCC(F)(F)F. The first-order chi connectivity index (χ1) is 14.4. The molecule has 12 heteroatoms. The van der Waals surface area contributed by atoms with Gasteiger partial charge in [-0.1, -0.05) is 0 Å². The number of nitriles is 1. The average molecular weight is 440 g/mol. The molecule has 1 atom stereocenters. The highest BCUT2D eigenvalue weighted by Crippen LogP contribution is 2.24. The summed E-state index contributed by atoms with van der Waals surface area (Å²) in [6.07, 6.45) is -4.02. The van der Waals surface area contributed by atoms with Gasteiger partial charge >= 0.3 is 6.18 Å². The molecule has 0 aliphatic rings. The lowest BCUT2D eigenvalue weighted by atomic mass is 10.0. The van der Waals surface area contributed by atoms with Crippen LogP contribution in [0.4, 0.5) is 34.9 Å². The van der Waals surface area contributed by atoms with Crippen LogP contribution in [0.25, 0.3) is 0 Å². The quantitative estimate of drug-likeness (QED) is 0.466. The van der Waals surface area contributed by atoms with Gasteiger partial charge < -0.3 is 21.1 Å². The maximum Gasteiger partial charge on any atom is 0.405 e. The Hall–Kier alpha value is -3.46. The second-order valence-electron chi connectivity index (χ2n) is 7.08. The molecule has 2 aromatic heterocycles. The van der Waals surface area contributed by atoms with Gasteiger partial charge in [0.25, 0.3) is 5.91 Å². The molecule has 166 valence electrons. The summed E-state index contributed by atoms with van der Waals surface area (Å²) >= 11 is 0. The molecule has 0 radical (unpaired) electrons. The van der Waals surface area contributed by atoms with Crippen LogP contribution >= 0.6 is 0 Å². The second-order valence-corrected chi connectivity index (χ2v) is 7.08. The summed E-state index contributed by atoms with van der Waals surface area (Å²) in [5, 5.41) is 25.5. The van der Waals surface area contributed by atoms with Gasteiger partial charge in [0.1, 0.15) is 30.4 Å². The van der Waals surface area contributed by atoms with E-state index in [9.17, 15) is 27.5 Å². The number of alkyl halides is 4. The van der Waals surface area contributed by atoms with E-state index in [1.165, 1.54) is 38.2 Å². The number of hydrogen-bond acceptors (Lipinski definition) is 7. The Bertz CT molecular complexity index is 952. The number of hydrogen-bond donors (Lipinski definition) is 4. The van der Waals surface area contributed by atoms with E-state index in [-0.39, 0.29) is 22.9 Å². The van der Waals surface area contributed by atoms with E-state index >= 15 is 0 Å². The minimum Gasteiger partial charge on any atom is -0.387 e. The highest BCUT2D eigenvalue weighted by atomic mass is 19.4. The predicted molar refractivity (Wildman–Crippen MR) is 105 cm³/mol. The summed E-state index contributed by atoms with van der Waals surface area (Å²) in [5.41, 5.74) is -1.83. The molecule has 0 fully saturated rings. The maximum absolute atomic E-state index is 13.9. The summed E-state index contributed by atoms with van der Waals surface area (Å²) in [5.74, 6) is -0.513. The number of anilines is 3. The van der Waals surface area contributed by atoms with E-state index in [1.807, 2.05) is 6.07 Å². The summed E-state index contributed by atoms with van der Waals surface area (Å²) in [6.45, 7) is 0.482. The zero-order valence-corrected chi connectivity index (χ0v) is 16.6. The van der Waals surface area contributed by atoms with E-state index in [0.717, 1.165) is 6.20 Å². The van der Waals surface area contributed by atoms with Crippen LogP contribution in [-0.4, -0.2) is 52.0 Å². The maximum atomic E-state index is 13.9. The van der Waals surface area contributed by atoms with Gasteiger partial charge in [-0.05, 0) is 26.0 Å². The van der Waals surface area contributed by atoms with Crippen LogP contribution in [0.3, 0.4) is 0 Å². The average Bonchev–Trinajstić information content (AvgIpc) is 2.69. The lowest BCUT2D eigenvalue weighted by Crippen LogP contribution is -2.42. The Morgan fingerprint density at radius 3 is 2.45 bits per heavy atom. The lowest BCUT2D eigenvalue weighted by molar-refractivity contribution is -0.115. The van der Waals surface area contributed by atoms with Crippen LogP contribution in [-0.2, 0) is 0 Å². The Morgan fingerprint density at radius 2 is 1.90 bits per heavy atom. The fourth-order valence-electron chi connectivity index (χ4n) is 2.24. The highest BCUT2D eigenvalue weighted by molar-refractivity contribution is 5.99. The summed E-state index contributed by atoms with van der Waals surface area (Å²) in [4.78, 5) is 20.3. The smallest absolute Gasteiger partial charge is 0.387 e. The summed E-state index contributed by atoms with van der Waals surface area (Å²) in [7, 11) is 0. The topological polar surface area (TPSA) is 123 Å². The van der Waals surface area contributed by atoms with Crippen LogP contribution in [0.2, 0.25) is 0 Å². The van der Waals surface area contributed by atoms with Crippen molar-refractivity contribution in [1.82, 2.24) is 15.3 Å². The molecule has 0 spiro atoms. The van der Waals surface area contributed by atoms with E-state index in [0.29, 0.717) is 5.56 Å². The van der Waals surface area contributed by atoms with Crippen LogP contribution in [0, 0.1) is 11.3 Å². The van der Waals surface area contributed by atoms with Gasteiger partial charge in [0, 0.05) is 18.5 Å². The molecule has 2 heterocycles. The van der Waals surface area contributed by atoms with E-state index < -0.39 is 36.9 Å². The number of pyridine rings is 2. The molecule has 0 aromatic carbocycles. The lowest BCUT2D eigenvalue weighted by Gasteiger charge is -2.22. The van der Waals surface area contributed by atoms with Crippen molar-refractivity contribution in [1.29, 1.82) is 5.26 Å². The normalized spacial score (nSPS) is 12.6. The third-order valence-electron chi connectivity index (χ3n) is 3.98. The standard InChI is InChI=1S/C19H20F4N6O2/c1-18(2,31)14(20)9-27-17(30)12-8-26-16(5-13(12)28-10-19(21,22)23)29-15-4-3-11(6-24)7-25-15/h3-5,7-8,14,31H,9-10H2,1-2H3,(H,27,30)(H2,25,26,28,29). The fraction of sp³-hybridized carbons (Fsp3) is 0.368.